The molecule has 112 valence electrons. The van der Waals surface area contributed by atoms with Gasteiger partial charge in [0.15, 0.2) is 0 Å². The summed E-state index contributed by atoms with van der Waals surface area (Å²) in [5, 5.41) is 0. The first kappa shape index (κ1) is 15.1. The van der Waals surface area contributed by atoms with E-state index in [1.165, 1.54) is 37.5 Å². The second-order valence-corrected chi connectivity index (χ2v) is 5.86. The molecule has 2 atom stereocenters. The molecule has 1 saturated heterocycles. The average molecular weight is 279 g/mol. The molecule has 1 aliphatic heterocycles. The lowest BCUT2D eigenvalue weighted by atomic mass is 10.1. The largest absolute Gasteiger partial charge is 0.405 e. The van der Waals surface area contributed by atoms with Gasteiger partial charge in [-0.1, -0.05) is 12.8 Å². The first-order chi connectivity index (χ1) is 8.89. The first-order valence-corrected chi connectivity index (χ1v) is 7.20. The van der Waals surface area contributed by atoms with Gasteiger partial charge in [-0.25, -0.2) is 0 Å². The van der Waals surface area contributed by atoms with Crippen LogP contribution in [-0.2, 0) is 0 Å². The lowest BCUT2D eigenvalue weighted by Crippen LogP contribution is -2.61. The van der Waals surface area contributed by atoms with Crippen LogP contribution in [0, 0.1) is 0 Å². The van der Waals surface area contributed by atoms with Crippen molar-refractivity contribution >= 4 is 0 Å². The molecule has 0 aromatic carbocycles. The van der Waals surface area contributed by atoms with Crippen LogP contribution in [0.15, 0.2) is 0 Å². The Balaban J connectivity index is 1.90. The molecular formula is C13H24F3N3. The third-order valence-electron chi connectivity index (χ3n) is 4.42. The van der Waals surface area contributed by atoms with Crippen LogP contribution >= 0.6 is 0 Å². The molecule has 0 radical (unpaired) electrons. The number of rotatable bonds is 3. The van der Waals surface area contributed by atoms with Crippen molar-refractivity contribution in [1.29, 1.82) is 0 Å². The van der Waals surface area contributed by atoms with Crippen LogP contribution in [0.5, 0.6) is 0 Å². The van der Waals surface area contributed by atoms with Gasteiger partial charge in [0.25, 0.3) is 0 Å². The standard InChI is InChI=1S/C13H24F3N3/c1-10(17)12(13(14,15)16)19-8-6-18(7-9-19)11-4-2-3-5-11/h10-12H,2-9,17H2,1H3. The van der Waals surface area contributed by atoms with Crippen LogP contribution in [-0.4, -0.2) is 60.3 Å². The fourth-order valence-electron chi connectivity index (χ4n) is 3.49. The molecule has 2 rings (SSSR count). The van der Waals surface area contributed by atoms with E-state index in [1.54, 1.807) is 0 Å². The molecule has 1 aliphatic carbocycles. The Bertz CT molecular complexity index is 279. The van der Waals surface area contributed by atoms with Gasteiger partial charge in [-0.3, -0.25) is 9.80 Å². The van der Waals surface area contributed by atoms with Crippen molar-refractivity contribution in [2.45, 2.75) is 56.9 Å². The summed E-state index contributed by atoms with van der Waals surface area (Å²) >= 11 is 0. The van der Waals surface area contributed by atoms with E-state index in [0.717, 1.165) is 13.1 Å². The summed E-state index contributed by atoms with van der Waals surface area (Å²) in [4.78, 5) is 3.87. The highest BCUT2D eigenvalue weighted by atomic mass is 19.4. The minimum atomic E-state index is -4.23. The van der Waals surface area contributed by atoms with Crippen molar-refractivity contribution in [3.63, 3.8) is 0 Å². The highest BCUT2D eigenvalue weighted by molar-refractivity contribution is 4.90. The zero-order valence-electron chi connectivity index (χ0n) is 11.5. The molecule has 2 unspecified atom stereocenters. The third-order valence-corrected chi connectivity index (χ3v) is 4.42. The molecule has 6 heteroatoms. The fourth-order valence-corrected chi connectivity index (χ4v) is 3.49. The molecule has 0 amide bonds. The first-order valence-electron chi connectivity index (χ1n) is 7.20. The average Bonchev–Trinajstić information content (AvgIpc) is 2.81. The summed E-state index contributed by atoms with van der Waals surface area (Å²) in [6, 6.07) is -1.78. The summed E-state index contributed by atoms with van der Waals surface area (Å²) in [5.74, 6) is 0. The second kappa shape index (κ2) is 5.97. The van der Waals surface area contributed by atoms with E-state index in [9.17, 15) is 13.2 Å². The lowest BCUT2D eigenvalue weighted by Gasteiger charge is -2.43. The van der Waals surface area contributed by atoms with Crippen LogP contribution < -0.4 is 5.73 Å². The van der Waals surface area contributed by atoms with Crippen molar-refractivity contribution in [2.75, 3.05) is 26.2 Å². The molecule has 2 aliphatic rings. The highest BCUT2D eigenvalue weighted by Crippen LogP contribution is 2.29. The summed E-state index contributed by atoms with van der Waals surface area (Å²) < 4.78 is 39.1. The van der Waals surface area contributed by atoms with E-state index >= 15 is 0 Å². The van der Waals surface area contributed by atoms with Gasteiger partial charge in [-0.15, -0.1) is 0 Å². The topological polar surface area (TPSA) is 32.5 Å². The van der Waals surface area contributed by atoms with Crippen LogP contribution in [0.1, 0.15) is 32.6 Å². The van der Waals surface area contributed by atoms with E-state index in [0.29, 0.717) is 19.1 Å². The number of hydrogen-bond acceptors (Lipinski definition) is 3. The van der Waals surface area contributed by atoms with Crippen LogP contribution in [0.4, 0.5) is 13.2 Å². The van der Waals surface area contributed by atoms with Crippen molar-refractivity contribution in [1.82, 2.24) is 9.80 Å². The van der Waals surface area contributed by atoms with E-state index in [4.69, 9.17) is 5.73 Å². The van der Waals surface area contributed by atoms with Crippen molar-refractivity contribution in [3.8, 4) is 0 Å². The van der Waals surface area contributed by atoms with Crippen LogP contribution in [0.25, 0.3) is 0 Å². The fraction of sp³-hybridized carbons (Fsp3) is 1.00. The van der Waals surface area contributed by atoms with E-state index < -0.39 is 18.3 Å². The maximum Gasteiger partial charge on any atom is 0.405 e. The van der Waals surface area contributed by atoms with Gasteiger partial charge in [0.2, 0.25) is 0 Å². The highest BCUT2D eigenvalue weighted by Gasteiger charge is 2.46. The smallest absolute Gasteiger partial charge is 0.326 e. The van der Waals surface area contributed by atoms with E-state index in [2.05, 4.69) is 4.90 Å². The Morgan fingerprint density at radius 3 is 2.00 bits per heavy atom. The lowest BCUT2D eigenvalue weighted by molar-refractivity contribution is -0.192. The van der Waals surface area contributed by atoms with Gasteiger partial charge in [0.05, 0.1) is 0 Å². The zero-order chi connectivity index (χ0) is 14.0. The zero-order valence-corrected chi connectivity index (χ0v) is 11.5. The van der Waals surface area contributed by atoms with Crippen LogP contribution in [0.2, 0.25) is 0 Å². The SMILES string of the molecule is CC(N)C(N1CCN(C2CCCC2)CC1)C(F)(F)F. The van der Waals surface area contributed by atoms with E-state index in [1.807, 2.05) is 0 Å². The Labute approximate surface area is 112 Å². The van der Waals surface area contributed by atoms with Gasteiger partial charge < -0.3 is 5.73 Å². The molecular weight excluding hydrogens is 255 g/mol. The predicted octanol–water partition coefficient (Wildman–Crippen LogP) is 1.82. The van der Waals surface area contributed by atoms with E-state index in [-0.39, 0.29) is 0 Å². The number of piperazine rings is 1. The number of hydrogen-bond donors (Lipinski definition) is 1. The molecule has 19 heavy (non-hydrogen) atoms. The molecule has 2 N–H and O–H groups in total. The molecule has 1 heterocycles. The molecule has 0 aromatic heterocycles. The second-order valence-electron chi connectivity index (χ2n) is 5.86. The summed E-state index contributed by atoms with van der Waals surface area (Å²) in [6.45, 7) is 3.87. The molecule has 3 nitrogen and oxygen atoms in total. The van der Waals surface area contributed by atoms with Crippen molar-refractivity contribution in [3.05, 3.63) is 0 Å². The summed E-state index contributed by atoms with van der Waals surface area (Å²) in [5.41, 5.74) is 5.54. The number of nitrogens with two attached hydrogens (primary N) is 1. The van der Waals surface area contributed by atoms with Gasteiger partial charge in [-0.05, 0) is 19.8 Å². The maximum atomic E-state index is 13.0. The monoisotopic (exact) mass is 279 g/mol. The van der Waals surface area contributed by atoms with Gasteiger partial charge in [0, 0.05) is 38.3 Å². The quantitative estimate of drug-likeness (QED) is 0.855. The maximum absolute atomic E-state index is 13.0. The number of halogens is 3. The number of nitrogens with zero attached hydrogens (tertiary/aromatic N) is 2. The molecule has 0 spiro atoms. The Hall–Kier alpha value is -0.330. The third kappa shape index (κ3) is 3.61. The molecule has 1 saturated carbocycles. The Morgan fingerprint density at radius 1 is 1.05 bits per heavy atom. The number of alkyl halides is 3. The molecule has 0 bridgehead atoms. The summed E-state index contributed by atoms with van der Waals surface area (Å²) in [6.07, 6.45) is 0.696. The van der Waals surface area contributed by atoms with Gasteiger partial charge in [-0.2, -0.15) is 13.2 Å². The minimum Gasteiger partial charge on any atom is -0.326 e. The van der Waals surface area contributed by atoms with Gasteiger partial charge in [0.1, 0.15) is 6.04 Å². The minimum absolute atomic E-state index is 0.474. The Kier molecular flexibility index (Phi) is 4.74. The van der Waals surface area contributed by atoms with Gasteiger partial charge >= 0.3 is 6.18 Å². The van der Waals surface area contributed by atoms with Crippen molar-refractivity contribution in [2.24, 2.45) is 5.73 Å². The van der Waals surface area contributed by atoms with Crippen LogP contribution in [0.3, 0.4) is 0 Å². The molecule has 2 fully saturated rings. The predicted molar refractivity (Wildman–Crippen MR) is 68.9 cm³/mol. The summed E-state index contributed by atoms with van der Waals surface area (Å²) in [7, 11) is 0. The molecule has 0 aromatic rings. The Morgan fingerprint density at radius 2 is 1.58 bits per heavy atom. The normalized spacial score (nSPS) is 27.6. The van der Waals surface area contributed by atoms with Crippen molar-refractivity contribution < 1.29 is 13.2 Å².